The lowest BCUT2D eigenvalue weighted by Gasteiger charge is -2.41. The maximum atomic E-state index is 12.9. The van der Waals surface area contributed by atoms with Gasteiger partial charge in [0.1, 0.15) is 0 Å². The minimum absolute atomic E-state index is 0.0683. The molecule has 3 heterocycles. The second-order valence-electron chi connectivity index (χ2n) is 6.86. The fraction of sp³-hybridized carbons (Fsp3) is 0.647. The Bertz CT molecular complexity index is 610. The van der Waals surface area contributed by atoms with Gasteiger partial charge in [0.05, 0.1) is 11.2 Å². The van der Waals surface area contributed by atoms with Gasteiger partial charge in [-0.25, -0.2) is 9.97 Å². The number of thioether (sulfide) groups is 1. The van der Waals surface area contributed by atoms with Gasteiger partial charge in [0.2, 0.25) is 11.8 Å². The highest BCUT2D eigenvalue weighted by Gasteiger charge is 2.49. The van der Waals surface area contributed by atoms with E-state index >= 15 is 0 Å². The van der Waals surface area contributed by atoms with E-state index in [9.17, 15) is 9.59 Å². The molecule has 1 aromatic rings. The molecule has 0 aromatic carbocycles. The van der Waals surface area contributed by atoms with Crippen LogP contribution in [0, 0.1) is 5.41 Å². The van der Waals surface area contributed by atoms with E-state index < -0.39 is 0 Å². The number of piperidine rings is 1. The molecule has 2 aliphatic heterocycles. The molecule has 0 saturated carbocycles. The Balaban J connectivity index is 1.60. The van der Waals surface area contributed by atoms with Crippen LogP contribution in [0.4, 0.5) is 0 Å². The second kappa shape index (κ2) is 7.09. The fourth-order valence-corrected chi connectivity index (χ4v) is 4.34. The Morgan fingerprint density at radius 2 is 2.04 bits per heavy atom. The number of likely N-dealkylation sites (tertiary alicyclic amines) is 2. The predicted octanol–water partition coefficient (Wildman–Crippen LogP) is 1.82. The van der Waals surface area contributed by atoms with E-state index in [1.807, 2.05) is 9.80 Å². The largest absolute Gasteiger partial charge is 0.341 e. The third-order valence-corrected chi connectivity index (χ3v) is 5.83. The zero-order valence-electron chi connectivity index (χ0n) is 14.3. The molecule has 2 fully saturated rings. The maximum absolute atomic E-state index is 12.9. The maximum Gasteiger partial charge on any atom is 0.233 e. The first-order chi connectivity index (χ1) is 11.5. The number of amides is 2. The number of carbonyl (C=O) groups excluding carboxylic acids is 2. The zero-order chi connectivity index (χ0) is 17.2. The predicted molar refractivity (Wildman–Crippen MR) is 92.5 cm³/mol. The molecule has 2 saturated heterocycles. The lowest BCUT2D eigenvalue weighted by atomic mass is 9.78. The van der Waals surface area contributed by atoms with Gasteiger partial charge in [0, 0.05) is 38.1 Å². The fourth-order valence-electron chi connectivity index (χ4n) is 3.64. The quantitative estimate of drug-likeness (QED) is 0.613. The summed E-state index contributed by atoms with van der Waals surface area (Å²) >= 11 is 1.35. The van der Waals surface area contributed by atoms with E-state index in [4.69, 9.17) is 0 Å². The van der Waals surface area contributed by atoms with Crippen molar-refractivity contribution >= 4 is 23.6 Å². The van der Waals surface area contributed by atoms with Gasteiger partial charge < -0.3 is 9.80 Å². The van der Waals surface area contributed by atoms with E-state index in [1.54, 1.807) is 18.5 Å². The molecule has 7 heteroatoms. The third-order valence-electron chi connectivity index (χ3n) is 4.97. The molecule has 6 nitrogen and oxygen atoms in total. The smallest absolute Gasteiger partial charge is 0.233 e. The van der Waals surface area contributed by atoms with E-state index in [-0.39, 0.29) is 23.3 Å². The van der Waals surface area contributed by atoms with Crippen molar-refractivity contribution in [3.05, 3.63) is 18.5 Å². The Morgan fingerprint density at radius 3 is 2.75 bits per heavy atom. The number of rotatable bonds is 4. The van der Waals surface area contributed by atoms with Gasteiger partial charge in [-0.05, 0) is 39.2 Å². The molecular formula is C17H24N4O2S. The Labute approximate surface area is 147 Å². The summed E-state index contributed by atoms with van der Waals surface area (Å²) in [5.74, 6) is 0.624. The molecular weight excluding hydrogens is 324 g/mol. The van der Waals surface area contributed by atoms with Crippen molar-refractivity contribution in [2.45, 2.75) is 44.3 Å². The van der Waals surface area contributed by atoms with Crippen LogP contribution in [-0.4, -0.2) is 63.0 Å². The lowest BCUT2D eigenvalue weighted by molar-refractivity contribution is -0.148. The summed E-state index contributed by atoms with van der Waals surface area (Å²) in [6, 6.07) is 1.98. The van der Waals surface area contributed by atoms with Crippen LogP contribution in [0.15, 0.2) is 23.6 Å². The van der Waals surface area contributed by atoms with Crippen molar-refractivity contribution in [3.8, 4) is 0 Å². The number of nitrogens with zero attached hydrogens (tertiary/aromatic N) is 4. The van der Waals surface area contributed by atoms with Gasteiger partial charge in [-0.1, -0.05) is 11.8 Å². The lowest BCUT2D eigenvalue weighted by Crippen LogP contribution is -2.52. The highest BCUT2D eigenvalue weighted by atomic mass is 32.2. The van der Waals surface area contributed by atoms with Gasteiger partial charge in [-0.15, -0.1) is 0 Å². The average molecular weight is 348 g/mol. The zero-order valence-corrected chi connectivity index (χ0v) is 15.1. The molecule has 1 atom stereocenters. The van der Waals surface area contributed by atoms with Crippen LogP contribution < -0.4 is 0 Å². The molecule has 0 aliphatic carbocycles. The van der Waals surface area contributed by atoms with E-state index in [0.29, 0.717) is 24.0 Å². The summed E-state index contributed by atoms with van der Waals surface area (Å²) in [4.78, 5) is 37.5. The van der Waals surface area contributed by atoms with Crippen LogP contribution in [0.3, 0.4) is 0 Å². The first-order valence-electron chi connectivity index (χ1n) is 8.50. The van der Waals surface area contributed by atoms with Crippen LogP contribution in [-0.2, 0) is 9.59 Å². The molecule has 2 aliphatic rings. The van der Waals surface area contributed by atoms with Crippen LogP contribution in [0.5, 0.6) is 0 Å². The molecule has 130 valence electrons. The Morgan fingerprint density at radius 1 is 1.29 bits per heavy atom. The molecule has 3 rings (SSSR count). The van der Waals surface area contributed by atoms with Crippen molar-refractivity contribution in [1.82, 2.24) is 19.8 Å². The summed E-state index contributed by atoms with van der Waals surface area (Å²) in [5, 5.41) is 0.611. The van der Waals surface area contributed by atoms with Crippen molar-refractivity contribution in [2.75, 3.05) is 25.4 Å². The van der Waals surface area contributed by atoms with Crippen molar-refractivity contribution in [3.63, 3.8) is 0 Å². The first kappa shape index (κ1) is 17.2. The second-order valence-corrected chi connectivity index (χ2v) is 7.80. The van der Waals surface area contributed by atoms with Crippen molar-refractivity contribution < 1.29 is 9.59 Å². The Hall–Kier alpha value is -1.63. The molecule has 0 unspecified atom stereocenters. The minimum Gasteiger partial charge on any atom is -0.341 e. The van der Waals surface area contributed by atoms with Crippen LogP contribution in [0.1, 0.15) is 33.1 Å². The molecule has 0 radical (unpaired) electrons. The van der Waals surface area contributed by atoms with Crippen molar-refractivity contribution in [2.24, 2.45) is 5.41 Å². The summed E-state index contributed by atoms with van der Waals surface area (Å²) < 4.78 is 0. The van der Waals surface area contributed by atoms with E-state index in [0.717, 1.165) is 25.8 Å². The van der Waals surface area contributed by atoms with Crippen LogP contribution in [0.2, 0.25) is 0 Å². The van der Waals surface area contributed by atoms with E-state index in [2.05, 4.69) is 23.8 Å². The standard InChI is InChI=1S/C17H24N4O2S/c1-13(2)21-9-3-5-17(15(21)23)6-10-20(12-17)14(22)11-24-16-18-7-4-8-19-16/h4,7-8,13H,3,5-6,9-12H2,1-2H3/t17-/m0/s1. The Kier molecular flexibility index (Phi) is 5.08. The summed E-state index contributed by atoms with van der Waals surface area (Å²) in [7, 11) is 0. The van der Waals surface area contributed by atoms with Crippen LogP contribution >= 0.6 is 11.8 Å². The first-order valence-corrected chi connectivity index (χ1v) is 9.49. The van der Waals surface area contributed by atoms with Crippen LogP contribution in [0.25, 0.3) is 0 Å². The third kappa shape index (κ3) is 3.41. The van der Waals surface area contributed by atoms with Gasteiger partial charge >= 0.3 is 0 Å². The molecule has 24 heavy (non-hydrogen) atoms. The number of hydrogen-bond acceptors (Lipinski definition) is 5. The molecule has 1 spiro atoms. The van der Waals surface area contributed by atoms with Crippen molar-refractivity contribution in [1.29, 1.82) is 0 Å². The number of hydrogen-bond donors (Lipinski definition) is 0. The van der Waals surface area contributed by atoms with Gasteiger partial charge in [-0.3, -0.25) is 9.59 Å². The summed E-state index contributed by atoms with van der Waals surface area (Å²) in [5.41, 5.74) is -0.355. The van der Waals surface area contributed by atoms with E-state index in [1.165, 1.54) is 11.8 Å². The molecule has 1 aromatic heterocycles. The monoisotopic (exact) mass is 348 g/mol. The van der Waals surface area contributed by atoms with Gasteiger partial charge in [-0.2, -0.15) is 0 Å². The topological polar surface area (TPSA) is 66.4 Å². The highest BCUT2D eigenvalue weighted by Crippen LogP contribution is 2.40. The number of carbonyl (C=O) groups is 2. The summed E-state index contributed by atoms with van der Waals surface area (Å²) in [6.45, 7) is 6.20. The SMILES string of the molecule is CC(C)N1CCC[C@@]2(CCN(C(=O)CSc3ncccn3)C2)C1=O. The minimum atomic E-state index is -0.355. The molecule has 2 amide bonds. The highest BCUT2D eigenvalue weighted by molar-refractivity contribution is 7.99. The summed E-state index contributed by atoms with van der Waals surface area (Å²) in [6.07, 6.45) is 6.05. The van der Waals surface area contributed by atoms with Gasteiger partial charge in [0.15, 0.2) is 5.16 Å². The van der Waals surface area contributed by atoms with Gasteiger partial charge in [0.25, 0.3) is 0 Å². The molecule has 0 bridgehead atoms. The number of aromatic nitrogens is 2. The molecule has 0 N–H and O–H groups in total. The normalized spacial score (nSPS) is 24.2. The average Bonchev–Trinajstić information content (AvgIpc) is 3.01.